The van der Waals surface area contributed by atoms with Gasteiger partial charge in [-0.1, -0.05) is 36.4 Å². The quantitative estimate of drug-likeness (QED) is 0.751. The van der Waals surface area contributed by atoms with Crippen LogP contribution in [-0.2, 0) is 6.54 Å². The third kappa shape index (κ3) is 2.36. The molecule has 19 heavy (non-hydrogen) atoms. The van der Waals surface area contributed by atoms with Crippen LogP contribution in [0.1, 0.15) is 5.56 Å². The number of aromatic amines is 1. The number of nitrogens with one attached hydrogen (secondary N) is 2. The summed E-state index contributed by atoms with van der Waals surface area (Å²) in [6.45, 7) is 0.577. The van der Waals surface area contributed by atoms with Crippen LogP contribution in [0.15, 0.2) is 60.8 Å². The van der Waals surface area contributed by atoms with Crippen molar-refractivity contribution in [1.29, 1.82) is 0 Å². The van der Waals surface area contributed by atoms with E-state index in [0.29, 0.717) is 12.3 Å². The molecule has 3 rings (SSSR count). The van der Waals surface area contributed by atoms with E-state index in [2.05, 4.69) is 10.3 Å². The van der Waals surface area contributed by atoms with E-state index in [4.69, 9.17) is 0 Å². The molecule has 0 spiro atoms. The van der Waals surface area contributed by atoms with E-state index in [-0.39, 0.29) is 0 Å². The summed E-state index contributed by atoms with van der Waals surface area (Å²) in [7, 11) is 0. The van der Waals surface area contributed by atoms with Crippen molar-refractivity contribution >= 4 is 16.6 Å². The molecule has 0 bridgehead atoms. The molecule has 1 heterocycles. The van der Waals surface area contributed by atoms with E-state index in [1.807, 2.05) is 54.7 Å². The Morgan fingerprint density at radius 3 is 2.63 bits per heavy atom. The van der Waals surface area contributed by atoms with Gasteiger partial charge in [0.2, 0.25) is 0 Å². The minimum absolute atomic E-state index is 0.321. The van der Waals surface area contributed by atoms with E-state index < -0.39 is 0 Å². The molecule has 2 aromatic carbocycles. The van der Waals surface area contributed by atoms with Gasteiger partial charge in [0.1, 0.15) is 12.3 Å². The highest BCUT2D eigenvalue weighted by Gasteiger charge is 2.09. The van der Waals surface area contributed by atoms with Crippen molar-refractivity contribution in [2.75, 3.05) is 5.32 Å². The molecule has 3 heteroatoms. The predicted octanol–water partition coefficient (Wildman–Crippen LogP) is 2.97. The molecule has 0 radical (unpaired) electrons. The van der Waals surface area contributed by atoms with Crippen LogP contribution in [0.3, 0.4) is 0 Å². The fourth-order valence-electron chi connectivity index (χ4n) is 2.20. The number of H-pyrrole nitrogens is 1. The van der Waals surface area contributed by atoms with Crippen molar-refractivity contribution < 1.29 is 10.1 Å². The van der Waals surface area contributed by atoms with Crippen LogP contribution in [0.4, 0.5) is 5.82 Å². The molecule has 0 atom stereocenters. The molecule has 94 valence electrons. The molecule has 0 unspecified atom stereocenters. The Balaban J connectivity index is 1.94. The lowest BCUT2D eigenvalue weighted by atomic mass is 10.0. The van der Waals surface area contributed by atoms with Crippen LogP contribution < -0.4 is 10.3 Å². The second kappa shape index (κ2) is 4.98. The summed E-state index contributed by atoms with van der Waals surface area (Å²) in [5.74, 6) is 1.25. The number of aromatic hydroxyl groups is 1. The Hall–Kier alpha value is -2.55. The Kier molecular flexibility index (Phi) is 3.02. The van der Waals surface area contributed by atoms with E-state index in [9.17, 15) is 5.11 Å². The first-order valence-electron chi connectivity index (χ1n) is 6.25. The molecule has 3 N–H and O–H groups in total. The number of pyridine rings is 1. The number of hydrogen-bond donors (Lipinski definition) is 2. The molecule has 0 fully saturated rings. The molecule has 0 saturated heterocycles. The van der Waals surface area contributed by atoms with Crippen LogP contribution in [0, 0.1) is 0 Å². The van der Waals surface area contributed by atoms with Crippen molar-refractivity contribution in [1.82, 2.24) is 0 Å². The van der Waals surface area contributed by atoms with Gasteiger partial charge in [-0.2, -0.15) is 0 Å². The highest BCUT2D eigenvalue weighted by Crippen LogP contribution is 2.27. The lowest BCUT2D eigenvalue weighted by Crippen LogP contribution is -2.11. The average Bonchev–Trinajstić information content (AvgIpc) is 2.47. The molecule has 3 nitrogen and oxygen atoms in total. The number of fused-ring (bicyclic) bond motifs is 1. The Morgan fingerprint density at radius 2 is 1.79 bits per heavy atom. The Labute approximate surface area is 111 Å². The highest BCUT2D eigenvalue weighted by atomic mass is 16.3. The van der Waals surface area contributed by atoms with Crippen molar-refractivity contribution in [3.8, 4) is 5.75 Å². The smallest absolute Gasteiger partial charge is 0.272 e. The largest absolute Gasteiger partial charge is 0.507 e. The summed E-state index contributed by atoms with van der Waals surface area (Å²) in [4.78, 5) is 3.11. The predicted molar refractivity (Wildman–Crippen MR) is 75.9 cm³/mol. The summed E-state index contributed by atoms with van der Waals surface area (Å²) in [5.41, 5.74) is 0.912. The third-order valence-corrected chi connectivity index (χ3v) is 3.18. The zero-order valence-electron chi connectivity index (χ0n) is 10.4. The normalized spacial score (nSPS) is 10.5. The number of phenols is 1. The molecule has 0 amide bonds. The van der Waals surface area contributed by atoms with E-state index in [0.717, 1.165) is 22.2 Å². The molecule has 3 aromatic rings. The maximum Gasteiger partial charge on any atom is 0.272 e. The van der Waals surface area contributed by atoms with Crippen LogP contribution in [-0.4, -0.2) is 5.11 Å². The van der Waals surface area contributed by atoms with Gasteiger partial charge in [-0.15, -0.1) is 0 Å². The van der Waals surface area contributed by atoms with Crippen LogP contribution in [0.25, 0.3) is 10.8 Å². The van der Waals surface area contributed by atoms with Crippen LogP contribution in [0.2, 0.25) is 0 Å². The SMILES string of the molecule is Oc1ccc2ccccc2c1CNc1cccc[nH+]1. The van der Waals surface area contributed by atoms with Crippen LogP contribution >= 0.6 is 0 Å². The first-order chi connectivity index (χ1) is 9.34. The molecule has 0 saturated carbocycles. The van der Waals surface area contributed by atoms with Gasteiger partial charge >= 0.3 is 0 Å². The van der Waals surface area contributed by atoms with Gasteiger partial charge in [0, 0.05) is 11.6 Å². The average molecular weight is 251 g/mol. The van der Waals surface area contributed by atoms with Gasteiger partial charge in [-0.05, 0) is 22.9 Å². The molecule has 0 aliphatic carbocycles. The summed E-state index contributed by atoms with van der Waals surface area (Å²) in [6.07, 6.45) is 1.87. The second-order valence-electron chi connectivity index (χ2n) is 4.41. The van der Waals surface area contributed by atoms with Gasteiger partial charge in [0.05, 0.1) is 6.20 Å². The molecule has 0 aliphatic rings. The number of benzene rings is 2. The zero-order valence-corrected chi connectivity index (χ0v) is 10.4. The van der Waals surface area contributed by atoms with Gasteiger partial charge in [0.25, 0.3) is 5.82 Å². The van der Waals surface area contributed by atoms with Gasteiger partial charge in [0.15, 0.2) is 0 Å². The number of aromatic nitrogens is 1. The summed E-state index contributed by atoms with van der Waals surface area (Å²) in [5, 5.41) is 15.5. The van der Waals surface area contributed by atoms with Crippen molar-refractivity contribution in [2.45, 2.75) is 6.54 Å². The van der Waals surface area contributed by atoms with E-state index >= 15 is 0 Å². The van der Waals surface area contributed by atoms with Crippen molar-refractivity contribution in [3.63, 3.8) is 0 Å². The number of rotatable bonds is 3. The van der Waals surface area contributed by atoms with Crippen LogP contribution in [0.5, 0.6) is 5.75 Å². The van der Waals surface area contributed by atoms with E-state index in [1.165, 1.54) is 0 Å². The molecule has 1 aromatic heterocycles. The van der Waals surface area contributed by atoms with E-state index in [1.54, 1.807) is 6.07 Å². The minimum atomic E-state index is 0.321. The topological polar surface area (TPSA) is 46.4 Å². The maximum atomic E-state index is 10.0. The standard InChI is InChI=1S/C16H14N2O/c19-15-9-8-12-5-1-2-6-13(12)14(15)11-18-16-7-3-4-10-17-16/h1-10,19H,11H2,(H,17,18)/p+1. The monoisotopic (exact) mass is 251 g/mol. The third-order valence-electron chi connectivity index (χ3n) is 3.18. The van der Waals surface area contributed by atoms with Crippen molar-refractivity contribution in [3.05, 3.63) is 66.4 Å². The number of hydrogen-bond acceptors (Lipinski definition) is 2. The van der Waals surface area contributed by atoms with Gasteiger partial charge in [-0.3, -0.25) is 5.32 Å². The minimum Gasteiger partial charge on any atom is -0.507 e. The van der Waals surface area contributed by atoms with Gasteiger partial charge in [-0.25, -0.2) is 4.98 Å². The Morgan fingerprint density at radius 1 is 0.947 bits per heavy atom. The lowest BCUT2D eigenvalue weighted by molar-refractivity contribution is -0.361. The fraction of sp³-hybridized carbons (Fsp3) is 0.0625. The summed E-state index contributed by atoms with van der Waals surface area (Å²) >= 11 is 0. The van der Waals surface area contributed by atoms with Crippen molar-refractivity contribution in [2.24, 2.45) is 0 Å². The maximum absolute atomic E-state index is 10.0. The Bertz CT molecular complexity index is 695. The highest BCUT2D eigenvalue weighted by molar-refractivity contribution is 5.87. The number of phenolic OH excluding ortho intramolecular Hbond substituents is 1. The molecule has 0 aliphatic heterocycles. The van der Waals surface area contributed by atoms with Gasteiger partial charge < -0.3 is 5.11 Å². The first kappa shape index (κ1) is 11.5. The summed E-state index contributed by atoms with van der Waals surface area (Å²) < 4.78 is 0. The molecular weight excluding hydrogens is 236 g/mol. The lowest BCUT2D eigenvalue weighted by Gasteiger charge is -2.07. The molecular formula is C16H15N2O+. The number of anilines is 1. The summed E-state index contributed by atoms with van der Waals surface area (Å²) in [6, 6.07) is 17.6. The zero-order chi connectivity index (χ0) is 13.1. The second-order valence-corrected chi connectivity index (χ2v) is 4.41. The fourth-order valence-corrected chi connectivity index (χ4v) is 2.20. The first-order valence-corrected chi connectivity index (χ1v) is 6.25.